The zero-order valence-electron chi connectivity index (χ0n) is 13.7. The summed E-state index contributed by atoms with van der Waals surface area (Å²) in [7, 11) is 1.43. The molecule has 0 fully saturated rings. The van der Waals surface area contributed by atoms with Gasteiger partial charge in [0.1, 0.15) is 5.82 Å². The molecule has 0 saturated carbocycles. The van der Waals surface area contributed by atoms with Crippen molar-refractivity contribution < 1.29 is 18.0 Å². The van der Waals surface area contributed by atoms with E-state index < -0.39 is 17.6 Å². The van der Waals surface area contributed by atoms with Gasteiger partial charge >= 0.3 is 6.18 Å². The van der Waals surface area contributed by atoms with Gasteiger partial charge in [0, 0.05) is 12.6 Å². The summed E-state index contributed by atoms with van der Waals surface area (Å²) in [6.45, 7) is -0.0465. The van der Waals surface area contributed by atoms with Crippen molar-refractivity contribution in [3.63, 3.8) is 0 Å². The Kier molecular flexibility index (Phi) is 4.50. The molecule has 3 rings (SSSR count). The van der Waals surface area contributed by atoms with Gasteiger partial charge in [0.15, 0.2) is 0 Å². The van der Waals surface area contributed by atoms with E-state index in [1.807, 2.05) is 0 Å². The van der Waals surface area contributed by atoms with Crippen molar-refractivity contribution >= 4 is 16.8 Å². The van der Waals surface area contributed by atoms with E-state index in [2.05, 4.69) is 9.97 Å². The number of nitrogens with one attached hydrogen (secondary N) is 1. The predicted octanol–water partition coefficient (Wildman–Crippen LogP) is 3.21. The van der Waals surface area contributed by atoms with E-state index in [-0.39, 0.29) is 23.5 Å². The van der Waals surface area contributed by atoms with E-state index in [1.165, 1.54) is 24.1 Å². The molecule has 0 spiro atoms. The van der Waals surface area contributed by atoms with Crippen molar-refractivity contribution in [3.8, 4) is 0 Å². The molecular formula is C18H14F3N3O2. The molecule has 0 aliphatic rings. The highest BCUT2D eigenvalue weighted by atomic mass is 19.4. The standard InChI is InChI=1S/C18H14F3N3O2/c1-24(17(26)11-5-4-6-12(9-11)18(19,20)21)10-15-22-14-8-3-2-7-13(14)16(25)23-15/h2-9H,10H2,1H3,(H,22,23,25). The van der Waals surface area contributed by atoms with Crippen molar-refractivity contribution in [2.24, 2.45) is 0 Å². The number of alkyl halides is 3. The Morgan fingerprint density at radius 3 is 2.62 bits per heavy atom. The highest BCUT2D eigenvalue weighted by Crippen LogP contribution is 2.29. The zero-order valence-corrected chi connectivity index (χ0v) is 13.7. The summed E-state index contributed by atoms with van der Waals surface area (Å²) in [5.41, 5.74) is -0.851. The third-order valence-electron chi connectivity index (χ3n) is 3.83. The van der Waals surface area contributed by atoms with Crippen LogP contribution in [-0.2, 0) is 12.7 Å². The number of para-hydroxylation sites is 1. The predicted molar refractivity (Wildman–Crippen MR) is 89.6 cm³/mol. The molecule has 0 aliphatic heterocycles. The summed E-state index contributed by atoms with van der Waals surface area (Å²) in [4.78, 5) is 32.5. The van der Waals surface area contributed by atoms with Crippen molar-refractivity contribution in [2.75, 3.05) is 7.05 Å². The summed E-state index contributed by atoms with van der Waals surface area (Å²) >= 11 is 0. The SMILES string of the molecule is CN(Cc1nc2ccccc2c(=O)[nH]1)C(=O)c1cccc(C(F)(F)F)c1. The van der Waals surface area contributed by atoms with Crippen LogP contribution in [0.25, 0.3) is 10.9 Å². The molecule has 0 radical (unpaired) electrons. The maximum absolute atomic E-state index is 12.8. The van der Waals surface area contributed by atoms with Crippen molar-refractivity contribution in [1.82, 2.24) is 14.9 Å². The van der Waals surface area contributed by atoms with Gasteiger partial charge in [-0.05, 0) is 30.3 Å². The molecule has 2 aromatic carbocycles. The molecule has 0 unspecified atom stereocenters. The Hall–Kier alpha value is -3.16. The zero-order chi connectivity index (χ0) is 18.9. The van der Waals surface area contributed by atoms with Gasteiger partial charge in [0.2, 0.25) is 0 Å². The van der Waals surface area contributed by atoms with Crippen molar-refractivity contribution in [2.45, 2.75) is 12.7 Å². The second-order valence-electron chi connectivity index (χ2n) is 5.77. The molecule has 1 amide bonds. The fraction of sp³-hybridized carbons (Fsp3) is 0.167. The summed E-state index contributed by atoms with van der Waals surface area (Å²) in [5, 5.41) is 0.420. The average molecular weight is 361 g/mol. The molecule has 26 heavy (non-hydrogen) atoms. The minimum Gasteiger partial charge on any atom is -0.334 e. The van der Waals surface area contributed by atoms with Gasteiger partial charge in [-0.3, -0.25) is 9.59 Å². The highest BCUT2D eigenvalue weighted by Gasteiger charge is 2.31. The van der Waals surface area contributed by atoms with Gasteiger partial charge in [0.05, 0.1) is 23.0 Å². The Bertz CT molecular complexity index is 1030. The molecular weight excluding hydrogens is 347 g/mol. The lowest BCUT2D eigenvalue weighted by Crippen LogP contribution is -2.28. The van der Waals surface area contributed by atoms with Crippen LogP contribution in [0.5, 0.6) is 0 Å². The molecule has 8 heteroatoms. The van der Waals surface area contributed by atoms with Crippen LogP contribution in [0.3, 0.4) is 0 Å². The van der Waals surface area contributed by atoms with Crippen LogP contribution in [0.2, 0.25) is 0 Å². The first kappa shape index (κ1) is 17.7. The number of fused-ring (bicyclic) bond motifs is 1. The number of amides is 1. The number of benzene rings is 2. The van der Waals surface area contributed by atoms with Gasteiger partial charge in [-0.1, -0.05) is 18.2 Å². The first-order valence-electron chi connectivity index (χ1n) is 7.66. The molecule has 1 aromatic heterocycles. The topological polar surface area (TPSA) is 66.1 Å². The van der Waals surface area contributed by atoms with Crippen molar-refractivity contribution in [1.29, 1.82) is 0 Å². The Labute approximate surface area is 146 Å². The third kappa shape index (κ3) is 3.58. The van der Waals surface area contributed by atoms with Crippen LogP contribution in [0, 0.1) is 0 Å². The number of nitrogens with zero attached hydrogens (tertiary/aromatic N) is 2. The monoisotopic (exact) mass is 361 g/mol. The third-order valence-corrected chi connectivity index (χ3v) is 3.83. The molecule has 3 aromatic rings. The van der Waals surface area contributed by atoms with E-state index in [0.717, 1.165) is 12.1 Å². The number of aromatic amines is 1. The van der Waals surface area contributed by atoms with Gasteiger partial charge in [-0.15, -0.1) is 0 Å². The number of H-pyrrole nitrogens is 1. The number of carbonyl (C=O) groups is 1. The van der Waals surface area contributed by atoms with E-state index in [4.69, 9.17) is 0 Å². The van der Waals surface area contributed by atoms with Crippen LogP contribution >= 0.6 is 0 Å². The number of hydrogen-bond donors (Lipinski definition) is 1. The van der Waals surface area contributed by atoms with Gasteiger partial charge in [-0.2, -0.15) is 13.2 Å². The molecule has 0 saturated heterocycles. The summed E-state index contributed by atoms with van der Waals surface area (Å²) in [5.74, 6) is -0.358. The summed E-state index contributed by atoms with van der Waals surface area (Å²) < 4.78 is 38.4. The minimum absolute atomic E-state index is 0.0465. The normalized spacial score (nSPS) is 11.5. The van der Waals surface area contributed by atoms with E-state index >= 15 is 0 Å². The molecule has 5 nitrogen and oxygen atoms in total. The Balaban J connectivity index is 1.85. The van der Waals surface area contributed by atoms with Crippen LogP contribution in [0.4, 0.5) is 13.2 Å². The first-order chi connectivity index (χ1) is 12.3. The van der Waals surface area contributed by atoms with E-state index in [9.17, 15) is 22.8 Å². The minimum atomic E-state index is -4.53. The summed E-state index contributed by atoms with van der Waals surface area (Å²) in [6, 6.07) is 10.9. The molecule has 0 atom stereocenters. The van der Waals surface area contributed by atoms with Gasteiger partial charge in [0.25, 0.3) is 11.5 Å². The quantitative estimate of drug-likeness (QED) is 0.779. The van der Waals surface area contributed by atoms with E-state index in [0.29, 0.717) is 10.9 Å². The fourth-order valence-corrected chi connectivity index (χ4v) is 2.56. The summed E-state index contributed by atoms with van der Waals surface area (Å²) in [6.07, 6.45) is -4.53. The lowest BCUT2D eigenvalue weighted by atomic mass is 10.1. The maximum atomic E-state index is 12.8. The number of aromatic nitrogens is 2. The number of hydrogen-bond acceptors (Lipinski definition) is 3. The van der Waals surface area contributed by atoms with Crippen LogP contribution < -0.4 is 5.56 Å². The van der Waals surface area contributed by atoms with Crippen LogP contribution in [-0.4, -0.2) is 27.8 Å². The molecule has 0 bridgehead atoms. The average Bonchev–Trinajstić information content (AvgIpc) is 2.60. The van der Waals surface area contributed by atoms with Gasteiger partial charge < -0.3 is 9.88 Å². The molecule has 134 valence electrons. The number of carbonyl (C=O) groups excluding carboxylic acids is 1. The molecule has 0 aliphatic carbocycles. The van der Waals surface area contributed by atoms with E-state index in [1.54, 1.807) is 24.3 Å². The Morgan fingerprint density at radius 2 is 1.88 bits per heavy atom. The highest BCUT2D eigenvalue weighted by molar-refractivity contribution is 5.94. The molecule has 1 N–H and O–H groups in total. The number of rotatable bonds is 3. The maximum Gasteiger partial charge on any atom is 0.416 e. The lowest BCUT2D eigenvalue weighted by molar-refractivity contribution is -0.137. The molecule has 1 heterocycles. The second-order valence-corrected chi connectivity index (χ2v) is 5.77. The smallest absolute Gasteiger partial charge is 0.334 e. The van der Waals surface area contributed by atoms with Crippen LogP contribution in [0.15, 0.2) is 53.3 Å². The largest absolute Gasteiger partial charge is 0.416 e. The second kappa shape index (κ2) is 6.62. The first-order valence-corrected chi connectivity index (χ1v) is 7.66. The Morgan fingerprint density at radius 1 is 1.15 bits per heavy atom. The number of halogens is 3. The van der Waals surface area contributed by atoms with Gasteiger partial charge in [-0.25, -0.2) is 4.98 Å². The lowest BCUT2D eigenvalue weighted by Gasteiger charge is -2.17. The van der Waals surface area contributed by atoms with Crippen LogP contribution in [0.1, 0.15) is 21.7 Å². The fourth-order valence-electron chi connectivity index (χ4n) is 2.56. The van der Waals surface area contributed by atoms with Crippen molar-refractivity contribution in [3.05, 3.63) is 75.8 Å².